The van der Waals surface area contributed by atoms with E-state index in [-0.39, 0.29) is 0 Å². The van der Waals surface area contributed by atoms with Gasteiger partial charge in [0.05, 0.1) is 6.26 Å². The van der Waals surface area contributed by atoms with E-state index in [1.807, 2.05) is 18.2 Å². The smallest absolute Gasteiger partial charge is 0.226 e. The fourth-order valence-electron chi connectivity index (χ4n) is 1.93. The Kier molecular flexibility index (Phi) is 2.75. The quantitative estimate of drug-likeness (QED) is 0.838. The zero-order valence-electron chi connectivity index (χ0n) is 9.47. The molecule has 1 aliphatic heterocycles. The predicted molar refractivity (Wildman–Crippen MR) is 64.8 cm³/mol. The van der Waals surface area contributed by atoms with Crippen LogP contribution in [0.4, 0.5) is 5.95 Å². The summed E-state index contributed by atoms with van der Waals surface area (Å²) in [5.41, 5.74) is 0.832. The zero-order chi connectivity index (χ0) is 11.5. The monoisotopic (exact) mass is 230 g/mol. The Hall–Kier alpha value is -1.88. The zero-order valence-corrected chi connectivity index (χ0v) is 9.47. The maximum absolute atomic E-state index is 5.34. The number of nitrogens with one attached hydrogen (secondary N) is 1. The lowest BCUT2D eigenvalue weighted by molar-refractivity contribution is 0.573. The van der Waals surface area contributed by atoms with Crippen molar-refractivity contribution in [2.75, 3.05) is 31.1 Å². The van der Waals surface area contributed by atoms with Crippen molar-refractivity contribution in [1.82, 2.24) is 15.3 Å². The SMILES string of the molecule is c1coc(-c2ccnc(N3CCNCC3)n2)c1. The van der Waals surface area contributed by atoms with Crippen LogP contribution in [0.5, 0.6) is 0 Å². The van der Waals surface area contributed by atoms with Crippen molar-refractivity contribution in [1.29, 1.82) is 0 Å². The lowest BCUT2D eigenvalue weighted by Gasteiger charge is -2.27. The van der Waals surface area contributed by atoms with E-state index in [4.69, 9.17) is 4.42 Å². The van der Waals surface area contributed by atoms with Gasteiger partial charge in [0, 0.05) is 32.4 Å². The highest BCUT2D eigenvalue weighted by molar-refractivity contribution is 5.53. The van der Waals surface area contributed by atoms with Crippen LogP contribution in [0.3, 0.4) is 0 Å². The normalized spacial score (nSPS) is 16.1. The van der Waals surface area contributed by atoms with Gasteiger partial charge in [-0.1, -0.05) is 0 Å². The minimum atomic E-state index is 0.778. The van der Waals surface area contributed by atoms with Crippen LogP contribution in [0.2, 0.25) is 0 Å². The molecule has 1 fully saturated rings. The van der Waals surface area contributed by atoms with Crippen LogP contribution >= 0.6 is 0 Å². The van der Waals surface area contributed by atoms with Crippen molar-refractivity contribution < 1.29 is 4.42 Å². The summed E-state index contributed by atoms with van der Waals surface area (Å²) in [6.45, 7) is 3.85. The van der Waals surface area contributed by atoms with Crippen LogP contribution in [-0.2, 0) is 0 Å². The minimum absolute atomic E-state index is 0.778. The van der Waals surface area contributed by atoms with Crippen LogP contribution in [0.25, 0.3) is 11.5 Å². The Bertz CT molecular complexity index is 477. The number of hydrogen-bond donors (Lipinski definition) is 1. The second-order valence-corrected chi connectivity index (χ2v) is 3.96. The molecule has 0 radical (unpaired) electrons. The number of nitrogens with zero attached hydrogens (tertiary/aromatic N) is 3. The molecule has 17 heavy (non-hydrogen) atoms. The van der Waals surface area contributed by atoms with Crippen LogP contribution in [-0.4, -0.2) is 36.1 Å². The van der Waals surface area contributed by atoms with Crippen molar-refractivity contribution in [3.05, 3.63) is 30.7 Å². The maximum Gasteiger partial charge on any atom is 0.226 e. The molecule has 0 aromatic carbocycles. The van der Waals surface area contributed by atoms with E-state index in [0.29, 0.717) is 0 Å². The summed E-state index contributed by atoms with van der Waals surface area (Å²) in [4.78, 5) is 11.0. The molecular weight excluding hydrogens is 216 g/mol. The Morgan fingerprint density at radius 3 is 2.88 bits per heavy atom. The predicted octanol–water partition coefficient (Wildman–Crippen LogP) is 1.15. The molecule has 0 amide bonds. The molecular formula is C12H14N4O. The molecule has 5 heteroatoms. The van der Waals surface area contributed by atoms with Crippen LogP contribution in [0, 0.1) is 0 Å². The largest absolute Gasteiger partial charge is 0.463 e. The van der Waals surface area contributed by atoms with Gasteiger partial charge in [-0.2, -0.15) is 0 Å². The molecule has 0 aliphatic carbocycles. The molecule has 0 saturated carbocycles. The standard InChI is InChI=1S/C12H14N4O/c1-2-11(17-9-1)10-3-4-14-12(15-10)16-7-5-13-6-8-16/h1-4,9,13H,5-8H2. The molecule has 2 aromatic heterocycles. The molecule has 0 bridgehead atoms. The third-order valence-electron chi connectivity index (χ3n) is 2.82. The molecule has 3 rings (SSSR count). The lowest BCUT2D eigenvalue weighted by atomic mass is 10.3. The van der Waals surface area contributed by atoms with Gasteiger partial charge >= 0.3 is 0 Å². The van der Waals surface area contributed by atoms with Crippen LogP contribution in [0.15, 0.2) is 35.1 Å². The van der Waals surface area contributed by atoms with Crippen LogP contribution in [0.1, 0.15) is 0 Å². The van der Waals surface area contributed by atoms with E-state index < -0.39 is 0 Å². The van der Waals surface area contributed by atoms with E-state index in [2.05, 4.69) is 20.2 Å². The summed E-state index contributed by atoms with van der Waals surface area (Å²) >= 11 is 0. The summed E-state index contributed by atoms with van der Waals surface area (Å²) in [6.07, 6.45) is 3.43. The van der Waals surface area contributed by atoms with Gasteiger partial charge in [-0.15, -0.1) is 0 Å². The van der Waals surface area contributed by atoms with E-state index in [9.17, 15) is 0 Å². The first kappa shape index (κ1) is 10.3. The van der Waals surface area contributed by atoms with E-state index in [0.717, 1.165) is 43.6 Å². The Labute approximate surface area is 99.5 Å². The van der Waals surface area contributed by atoms with Gasteiger partial charge in [0.25, 0.3) is 0 Å². The molecule has 1 saturated heterocycles. The summed E-state index contributed by atoms with van der Waals surface area (Å²) in [7, 11) is 0. The third kappa shape index (κ3) is 2.14. The fraction of sp³-hybridized carbons (Fsp3) is 0.333. The fourth-order valence-corrected chi connectivity index (χ4v) is 1.93. The molecule has 5 nitrogen and oxygen atoms in total. The van der Waals surface area contributed by atoms with Crippen LogP contribution < -0.4 is 10.2 Å². The van der Waals surface area contributed by atoms with E-state index >= 15 is 0 Å². The number of aromatic nitrogens is 2. The van der Waals surface area contributed by atoms with Gasteiger partial charge in [0.1, 0.15) is 5.69 Å². The summed E-state index contributed by atoms with van der Waals surface area (Å²) in [6, 6.07) is 5.64. The second kappa shape index (κ2) is 4.55. The molecule has 0 spiro atoms. The van der Waals surface area contributed by atoms with Crippen molar-refractivity contribution in [2.24, 2.45) is 0 Å². The highest BCUT2D eigenvalue weighted by Gasteiger charge is 2.14. The summed E-state index contributed by atoms with van der Waals surface area (Å²) in [5.74, 6) is 1.56. The Morgan fingerprint density at radius 1 is 1.24 bits per heavy atom. The number of piperazine rings is 1. The highest BCUT2D eigenvalue weighted by Crippen LogP contribution is 2.19. The molecule has 0 atom stereocenters. The number of hydrogen-bond acceptors (Lipinski definition) is 5. The average molecular weight is 230 g/mol. The number of anilines is 1. The van der Waals surface area contributed by atoms with E-state index in [1.54, 1.807) is 12.5 Å². The van der Waals surface area contributed by atoms with Crippen molar-refractivity contribution in [3.8, 4) is 11.5 Å². The van der Waals surface area contributed by atoms with Gasteiger partial charge in [-0.05, 0) is 18.2 Å². The third-order valence-corrected chi connectivity index (χ3v) is 2.82. The maximum atomic E-state index is 5.34. The van der Waals surface area contributed by atoms with Gasteiger partial charge in [0.2, 0.25) is 5.95 Å². The topological polar surface area (TPSA) is 54.2 Å². The van der Waals surface area contributed by atoms with Gasteiger partial charge < -0.3 is 14.6 Å². The highest BCUT2D eigenvalue weighted by atomic mass is 16.3. The molecule has 1 aliphatic rings. The first-order chi connectivity index (χ1) is 8.43. The molecule has 1 N–H and O–H groups in total. The van der Waals surface area contributed by atoms with Gasteiger partial charge in [-0.25, -0.2) is 9.97 Å². The summed E-state index contributed by atoms with van der Waals surface area (Å²) < 4.78 is 5.34. The number of furan rings is 1. The van der Waals surface area contributed by atoms with E-state index in [1.165, 1.54) is 0 Å². The van der Waals surface area contributed by atoms with Crippen molar-refractivity contribution >= 4 is 5.95 Å². The molecule has 2 aromatic rings. The Balaban J connectivity index is 1.88. The molecule has 88 valence electrons. The Morgan fingerprint density at radius 2 is 2.12 bits per heavy atom. The van der Waals surface area contributed by atoms with Crippen molar-refractivity contribution in [3.63, 3.8) is 0 Å². The minimum Gasteiger partial charge on any atom is -0.463 e. The second-order valence-electron chi connectivity index (χ2n) is 3.96. The molecule has 3 heterocycles. The van der Waals surface area contributed by atoms with Gasteiger partial charge in [-0.3, -0.25) is 0 Å². The first-order valence-corrected chi connectivity index (χ1v) is 5.76. The van der Waals surface area contributed by atoms with Crippen molar-refractivity contribution in [2.45, 2.75) is 0 Å². The van der Waals surface area contributed by atoms with Gasteiger partial charge in [0.15, 0.2) is 5.76 Å². The lowest BCUT2D eigenvalue weighted by Crippen LogP contribution is -2.44. The average Bonchev–Trinajstić information content (AvgIpc) is 2.94. The first-order valence-electron chi connectivity index (χ1n) is 5.76. The molecule has 0 unspecified atom stereocenters. The summed E-state index contributed by atoms with van der Waals surface area (Å²) in [5, 5.41) is 3.31. The number of rotatable bonds is 2.